The van der Waals surface area contributed by atoms with Gasteiger partial charge in [-0.2, -0.15) is 0 Å². The van der Waals surface area contributed by atoms with Gasteiger partial charge >= 0.3 is 6.03 Å². The molecule has 1 aromatic carbocycles. The highest BCUT2D eigenvalue weighted by molar-refractivity contribution is 9.10. The van der Waals surface area contributed by atoms with Crippen LogP contribution in [0.3, 0.4) is 0 Å². The van der Waals surface area contributed by atoms with Crippen molar-refractivity contribution in [1.29, 1.82) is 0 Å². The smallest absolute Gasteiger partial charge is 0.312 e. The predicted octanol–water partition coefficient (Wildman–Crippen LogP) is 1.94. The van der Waals surface area contributed by atoms with Gasteiger partial charge in [-0.25, -0.2) is 4.79 Å². The van der Waals surface area contributed by atoms with Crippen molar-refractivity contribution in [3.8, 4) is 0 Å². The van der Waals surface area contributed by atoms with Crippen molar-refractivity contribution in [1.82, 2.24) is 10.6 Å². The third-order valence-electron chi connectivity index (χ3n) is 2.77. The van der Waals surface area contributed by atoms with Gasteiger partial charge in [0, 0.05) is 10.0 Å². The maximum Gasteiger partial charge on any atom is 0.312 e. The number of hydrogen-bond donors (Lipinski definition) is 3. The molecule has 3 amide bonds. The Balaban J connectivity index is 2.62. The molecule has 0 aliphatic carbocycles. The van der Waals surface area contributed by atoms with E-state index in [1.54, 1.807) is 6.92 Å². The van der Waals surface area contributed by atoms with E-state index in [2.05, 4.69) is 26.6 Å². The number of nitrogens with one attached hydrogen (secondary N) is 2. The summed E-state index contributed by atoms with van der Waals surface area (Å²) in [5.41, 5.74) is 5.70. The molecule has 1 atom stereocenters. The lowest BCUT2D eigenvalue weighted by Gasteiger charge is -2.28. The topological polar surface area (TPSA) is 84.2 Å². The zero-order valence-corrected chi connectivity index (χ0v) is 13.5. The number of urea groups is 1. The van der Waals surface area contributed by atoms with Crippen LogP contribution in [0.5, 0.6) is 0 Å². The maximum atomic E-state index is 11.9. The summed E-state index contributed by atoms with van der Waals surface area (Å²) in [5.74, 6) is -0.258. The quantitative estimate of drug-likeness (QED) is 0.764. The summed E-state index contributed by atoms with van der Waals surface area (Å²) in [6.45, 7) is 5.46. The first-order valence-corrected chi connectivity index (χ1v) is 7.11. The highest BCUT2D eigenvalue weighted by Gasteiger charge is 2.24. The van der Waals surface area contributed by atoms with Gasteiger partial charge in [0.1, 0.15) is 6.04 Å². The lowest BCUT2D eigenvalue weighted by atomic mass is 9.94. The van der Waals surface area contributed by atoms with Crippen molar-refractivity contribution in [2.75, 3.05) is 0 Å². The standard InChI is InChI=1S/C14H20BrN3O2/c1-9(17-13(16)20)12(19)18-14(2,3)8-10-4-6-11(15)7-5-10/h4-7,9H,8H2,1-3H3,(H,18,19)(H3,16,17,20)/t9-/m1/s1. The van der Waals surface area contributed by atoms with E-state index in [4.69, 9.17) is 5.73 Å². The molecule has 1 aromatic rings. The van der Waals surface area contributed by atoms with E-state index in [9.17, 15) is 9.59 Å². The van der Waals surface area contributed by atoms with Gasteiger partial charge in [0.25, 0.3) is 0 Å². The highest BCUT2D eigenvalue weighted by atomic mass is 79.9. The summed E-state index contributed by atoms with van der Waals surface area (Å²) < 4.78 is 1.02. The van der Waals surface area contributed by atoms with E-state index in [1.165, 1.54) is 0 Å². The molecular formula is C14H20BrN3O2. The van der Waals surface area contributed by atoms with Crippen LogP contribution in [0.4, 0.5) is 4.79 Å². The summed E-state index contributed by atoms with van der Waals surface area (Å²) in [5, 5.41) is 5.26. The SMILES string of the molecule is C[C@@H](NC(N)=O)C(=O)NC(C)(C)Cc1ccc(Br)cc1. The Bertz CT molecular complexity index is 486. The van der Waals surface area contributed by atoms with Crippen LogP contribution in [0.2, 0.25) is 0 Å². The fraction of sp³-hybridized carbons (Fsp3) is 0.429. The third-order valence-corrected chi connectivity index (χ3v) is 3.30. The van der Waals surface area contributed by atoms with Crippen LogP contribution in [-0.4, -0.2) is 23.5 Å². The van der Waals surface area contributed by atoms with Crippen LogP contribution in [0.1, 0.15) is 26.3 Å². The summed E-state index contributed by atoms with van der Waals surface area (Å²) in [6.07, 6.45) is 0.690. The Morgan fingerprint density at radius 3 is 2.35 bits per heavy atom. The second-order valence-electron chi connectivity index (χ2n) is 5.41. The molecule has 6 heteroatoms. The number of benzene rings is 1. The number of carbonyl (C=O) groups excluding carboxylic acids is 2. The molecule has 0 saturated carbocycles. The molecule has 0 bridgehead atoms. The minimum Gasteiger partial charge on any atom is -0.352 e. The lowest BCUT2D eigenvalue weighted by molar-refractivity contribution is -0.124. The largest absolute Gasteiger partial charge is 0.352 e. The molecule has 0 radical (unpaired) electrons. The van der Waals surface area contributed by atoms with E-state index in [0.29, 0.717) is 6.42 Å². The molecule has 0 fully saturated rings. The van der Waals surface area contributed by atoms with Crippen molar-refractivity contribution in [3.63, 3.8) is 0 Å². The number of amides is 3. The van der Waals surface area contributed by atoms with Crippen molar-refractivity contribution in [2.45, 2.75) is 38.8 Å². The number of carbonyl (C=O) groups is 2. The number of nitrogens with two attached hydrogens (primary N) is 1. The molecule has 0 aliphatic rings. The van der Waals surface area contributed by atoms with Crippen molar-refractivity contribution < 1.29 is 9.59 Å². The second-order valence-corrected chi connectivity index (χ2v) is 6.32. The van der Waals surface area contributed by atoms with E-state index >= 15 is 0 Å². The second kappa shape index (κ2) is 6.74. The monoisotopic (exact) mass is 341 g/mol. The fourth-order valence-corrected chi connectivity index (χ4v) is 2.14. The number of hydrogen-bond acceptors (Lipinski definition) is 2. The average Bonchev–Trinajstić information content (AvgIpc) is 2.30. The molecule has 0 aromatic heterocycles. The van der Waals surface area contributed by atoms with Gasteiger partial charge in [-0.1, -0.05) is 28.1 Å². The van der Waals surface area contributed by atoms with Crippen molar-refractivity contribution in [2.24, 2.45) is 5.73 Å². The van der Waals surface area contributed by atoms with Gasteiger partial charge in [0.15, 0.2) is 0 Å². The first-order chi connectivity index (χ1) is 9.19. The first-order valence-electron chi connectivity index (χ1n) is 6.32. The number of primary amides is 1. The predicted molar refractivity (Wildman–Crippen MR) is 82.2 cm³/mol. The maximum absolute atomic E-state index is 11.9. The molecule has 4 N–H and O–H groups in total. The van der Waals surface area contributed by atoms with Crippen LogP contribution in [0.25, 0.3) is 0 Å². The van der Waals surface area contributed by atoms with E-state index in [0.717, 1.165) is 10.0 Å². The fourth-order valence-electron chi connectivity index (χ4n) is 1.88. The van der Waals surface area contributed by atoms with Crippen LogP contribution in [0.15, 0.2) is 28.7 Å². The minimum absolute atomic E-state index is 0.258. The number of halogens is 1. The van der Waals surface area contributed by atoms with Gasteiger partial charge < -0.3 is 16.4 Å². The highest BCUT2D eigenvalue weighted by Crippen LogP contribution is 2.16. The van der Waals surface area contributed by atoms with E-state index < -0.39 is 17.6 Å². The van der Waals surface area contributed by atoms with Gasteiger partial charge in [-0.15, -0.1) is 0 Å². The van der Waals surface area contributed by atoms with Crippen molar-refractivity contribution >= 4 is 27.9 Å². The van der Waals surface area contributed by atoms with Crippen LogP contribution < -0.4 is 16.4 Å². The zero-order chi connectivity index (χ0) is 15.3. The molecule has 0 aliphatic heterocycles. The Kier molecular flexibility index (Phi) is 5.56. The summed E-state index contributed by atoms with van der Waals surface area (Å²) in [4.78, 5) is 22.7. The van der Waals surface area contributed by atoms with Crippen LogP contribution in [0, 0.1) is 0 Å². The van der Waals surface area contributed by atoms with Crippen molar-refractivity contribution in [3.05, 3.63) is 34.3 Å². The molecule has 20 heavy (non-hydrogen) atoms. The lowest BCUT2D eigenvalue weighted by Crippen LogP contribution is -2.53. The molecular weight excluding hydrogens is 322 g/mol. The summed E-state index contributed by atoms with van der Waals surface area (Å²) in [6, 6.07) is 6.57. The van der Waals surface area contributed by atoms with E-state index in [-0.39, 0.29) is 5.91 Å². The van der Waals surface area contributed by atoms with E-state index in [1.807, 2.05) is 38.1 Å². The number of rotatable bonds is 5. The Hall–Kier alpha value is -1.56. The normalized spacial score (nSPS) is 12.6. The first kappa shape index (κ1) is 16.5. The Morgan fingerprint density at radius 1 is 1.30 bits per heavy atom. The van der Waals surface area contributed by atoms with Crippen LogP contribution >= 0.6 is 15.9 Å². The molecule has 0 saturated heterocycles. The summed E-state index contributed by atoms with van der Waals surface area (Å²) >= 11 is 3.39. The summed E-state index contributed by atoms with van der Waals surface area (Å²) in [7, 11) is 0. The van der Waals surface area contributed by atoms with Gasteiger partial charge in [-0.3, -0.25) is 4.79 Å². The average molecular weight is 342 g/mol. The Labute approximate surface area is 127 Å². The van der Waals surface area contributed by atoms with Gasteiger partial charge in [-0.05, 0) is 44.9 Å². The zero-order valence-electron chi connectivity index (χ0n) is 11.9. The van der Waals surface area contributed by atoms with Gasteiger partial charge in [0.2, 0.25) is 5.91 Å². The molecule has 110 valence electrons. The Morgan fingerprint density at radius 2 is 1.85 bits per heavy atom. The molecule has 5 nitrogen and oxygen atoms in total. The molecule has 0 spiro atoms. The van der Waals surface area contributed by atoms with Gasteiger partial charge in [0.05, 0.1) is 0 Å². The molecule has 0 unspecified atom stereocenters. The third kappa shape index (κ3) is 5.61. The minimum atomic E-state index is -0.710. The van der Waals surface area contributed by atoms with Crippen LogP contribution in [-0.2, 0) is 11.2 Å². The molecule has 0 heterocycles. The molecule has 1 rings (SSSR count).